The minimum atomic E-state index is -0.292. The Hall–Kier alpha value is -0.950. The van der Waals surface area contributed by atoms with Crippen molar-refractivity contribution in [3.05, 3.63) is 51.0 Å². The number of ether oxygens (including phenoxy) is 1. The van der Waals surface area contributed by atoms with Crippen LogP contribution in [0.2, 0.25) is 5.02 Å². The molecule has 1 atom stereocenters. The van der Waals surface area contributed by atoms with Crippen molar-refractivity contribution in [2.45, 2.75) is 12.6 Å². The van der Waals surface area contributed by atoms with Gasteiger partial charge in [-0.15, -0.1) is 0 Å². The van der Waals surface area contributed by atoms with Gasteiger partial charge >= 0.3 is 0 Å². The van der Waals surface area contributed by atoms with Gasteiger partial charge < -0.3 is 10.1 Å². The van der Waals surface area contributed by atoms with Gasteiger partial charge in [0, 0.05) is 11.6 Å². The zero-order chi connectivity index (χ0) is 15.4. The highest BCUT2D eigenvalue weighted by atomic mass is 79.9. The summed E-state index contributed by atoms with van der Waals surface area (Å²) >= 11 is 9.68. The van der Waals surface area contributed by atoms with Gasteiger partial charge in [-0.05, 0) is 24.7 Å². The lowest BCUT2D eigenvalue weighted by molar-refractivity contribution is 0.182. The molecule has 7 heteroatoms. The molecule has 1 N–H and O–H groups in total. The molecular weight excluding hydrogens is 361 g/mol. The van der Waals surface area contributed by atoms with Crippen molar-refractivity contribution in [2.24, 2.45) is 0 Å². The Morgan fingerprint density at radius 2 is 2.29 bits per heavy atom. The lowest BCUT2D eigenvalue weighted by Gasteiger charge is -2.20. The van der Waals surface area contributed by atoms with Crippen LogP contribution < -0.4 is 5.32 Å². The summed E-state index contributed by atoms with van der Waals surface area (Å²) in [7, 11) is 3.46. The van der Waals surface area contributed by atoms with Crippen LogP contribution in [0.4, 0.5) is 4.39 Å². The van der Waals surface area contributed by atoms with Gasteiger partial charge in [-0.25, -0.2) is 4.39 Å². The van der Waals surface area contributed by atoms with E-state index in [0.29, 0.717) is 22.6 Å². The average Bonchev–Trinajstić information content (AvgIpc) is 2.81. The number of hydrogen-bond donors (Lipinski definition) is 1. The van der Waals surface area contributed by atoms with Crippen molar-refractivity contribution in [2.75, 3.05) is 20.8 Å². The van der Waals surface area contributed by atoms with Gasteiger partial charge in [-0.3, -0.25) is 4.68 Å². The first-order valence-electron chi connectivity index (χ1n) is 6.40. The number of nitrogens with zero attached hydrogens (tertiary/aromatic N) is 2. The summed E-state index contributed by atoms with van der Waals surface area (Å²) in [5, 5.41) is 8.03. The third-order valence-electron chi connectivity index (χ3n) is 3.18. The minimum absolute atomic E-state index is 0.202. The van der Waals surface area contributed by atoms with Gasteiger partial charge in [0.05, 0.1) is 36.1 Å². The molecule has 2 aromatic rings. The number of hydrogen-bond acceptors (Lipinski definition) is 3. The molecule has 1 aromatic carbocycles. The zero-order valence-electron chi connectivity index (χ0n) is 11.7. The highest BCUT2D eigenvalue weighted by Crippen LogP contribution is 2.32. The van der Waals surface area contributed by atoms with Gasteiger partial charge in [0.1, 0.15) is 5.82 Å². The molecule has 0 bridgehead atoms. The molecule has 2 rings (SSSR count). The number of rotatable bonds is 6. The normalized spacial score (nSPS) is 12.6. The van der Waals surface area contributed by atoms with E-state index in [1.165, 1.54) is 12.1 Å². The van der Waals surface area contributed by atoms with Crippen molar-refractivity contribution < 1.29 is 9.13 Å². The van der Waals surface area contributed by atoms with Crippen LogP contribution in [0, 0.1) is 5.82 Å². The molecule has 0 fully saturated rings. The third kappa shape index (κ3) is 3.63. The quantitative estimate of drug-likeness (QED) is 0.840. The fraction of sp³-hybridized carbons (Fsp3) is 0.357. The van der Waals surface area contributed by atoms with Crippen LogP contribution >= 0.6 is 27.5 Å². The van der Waals surface area contributed by atoms with Crippen molar-refractivity contribution in [3.63, 3.8) is 0 Å². The van der Waals surface area contributed by atoms with Crippen LogP contribution in [-0.2, 0) is 11.3 Å². The molecule has 0 saturated heterocycles. The number of nitrogens with one attached hydrogen (secondary N) is 1. The first-order chi connectivity index (χ1) is 10.1. The molecule has 114 valence electrons. The van der Waals surface area contributed by atoms with E-state index in [1.807, 2.05) is 7.05 Å². The first kappa shape index (κ1) is 16.4. The molecule has 4 nitrogen and oxygen atoms in total. The molecule has 0 aliphatic heterocycles. The number of halogens is 3. The van der Waals surface area contributed by atoms with Crippen molar-refractivity contribution >= 4 is 27.5 Å². The maximum atomic E-state index is 13.3. The number of aromatic nitrogens is 2. The lowest BCUT2D eigenvalue weighted by atomic mass is 10.0. The van der Waals surface area contributed by atoms with E-state index < -0.39 is 0 Å². The maximum absolute atomic E-state index is 13.3. The smallest absolute Gasteiger partial charge is 0.124 e. The molecule has 1 unspecified atom stereocenters. The molecule has 0 amide bonds. The predicted octanol–water partition coefficient (Wildman–Crippen LogP) is 3.39. The molecule has 1 heterocycles. The Morgan fingerprint density at radius 1 is 1.52 bits per heavy atom. The molecule has 1 aromatic heterocycles. The summed E-state index contributed by atoms with van der Waals surface area (Å²) in [6.07, 6.45) is 1.61. The molecular formula is C14H16BrClFN3O. The second-order valence-corrected chi connectivity index (χ2v) is 5.74. The number of benzene rings is 1. The fourth-order valence-corrected chi connectivity index (χ4v) is 3.02. The topological polar surface area (TPSA) is 39.1 Å². The Balaban J connectivity index is 2.43. The van der Waals surface area contributed by atoms with E-state index in [0.717, 1.165) is 11.3 Å². The summed E-state index contributed by atoms with van der Waals surface area (Å²) in [5.41, 5.74) is 1.71. The largest absolute Gasteiger partial charge is 0.383 e. The van der Waals surface area contributed by atoms with Crippen molar-refractivity contribution in [3.8, 4) is 0 Å². The second-order valence-electron chi connectivity index (χ2n) is 4.48. The van der Waals surface area contributed by atoms with Crippen molar-refractivity contribution in [1.82, 2.24) is 15.1 Å². The van der Waals surface area contributed by atoms with Crippen LogP contribution in [-0.4, -0.2) is 30.5 Å². The summed E-state index contributed by atoms with van der Waals surface area (Å²) in [5.74, 6) is -0.292. The first-order valence-corrected chi connectivity index (χ1v) is 7.58. The third-order valence-corrected chi connectivity index (χ3v) is 4.15. The van der Waals surface area contributed by atoms with E-state index in [1.54, 1.807) is 24.1 Å². The van der Waals surface area contributed by atoms with Gasteiger partial charge in [0.15, 0.2) is 0 Å². The Labute approximate surface area is 136 Å². The summed E-state index contributed by atoms with van der Waals surface area (Å²) < 4.78 is 20.8. The van der Waals surface area contributed by atoms with E-state index in [9.17, 15) is 4.39 Å². The SMILES string of the molecule is CNC(c1ccc(F)cc1Br)c1c(Cl)cnn1CCOC. The zero-order valence-corrected chi connectivity index (χ0v) is 14.1. The van der Waals surface area contributed by atoms with Crippen LogP contribution in [0.25, 0.3) is 0 Å². The second kappa shape index (κ2) is 7.35. The molecule has 0 aliphatic carbocycles. The molecule has 0 saturated carbocycles. The Kier molecular flexibility index (Phi) is 5.75. The Morgan fingerprint density at radius 3 is 2.90 bits per heavy atom. The van der Waals surface area contributed by atoms with Crippen LogP contribution in [0.15, 0.2) is 28.9 Å². The Bertz CT molecular complexity index is 620. The summed E-state index contributed by atoms with van der Waals surface area (Å²) in [6, 6.07) is 4.38. The van der Waals surface area contributed by atoms with E-state index in [-0.39, 0.29) is 11.9 Å². The average molecular weight is 377 g/mol. The van der Waals surface area contributed by atoms with Gasteiger partial charge in [0.25, 0.3) is 0 Å². The maximum Gasteiger partial charge on any atom is 0.124 e. The summed E-state index contributed by atoms with van der Waals surface area (Å²) in [6.45, 7) is 1.13. The molecule has 21 heavy (non-hydrogen) atoms. The van der Waals surface area contributed by atoms with Gasteiger partial charge in [0.2, 0.25) is 0 Å². The monoisotopic (exact) mass is 375 g/mol. The number of methoxy groups -OCH3 is 1. The highest BCUT2D eigenvalue weighted by Gasteiger charge is 2.22. The van der Waals surface area contributed by atoms with E-state index in [4.69, 9.17) is 16.3 Å². The standard InChI is InChI=1S/C14H16BrClFN3O/c1-18-13(10-4-3-9(17)7-11(10)15)14-12(16)8-19-20(14)5-6-21-2/h3-4,7-8,13,18H,5-6H2,1-2H3. The minimum Gasteiger partial charge on any atom is -0.383 e. The molecule has 0 radical (unpaired) electrons. The van der Waals surface area contributed by atoms with Crippen LogP contribution in [0.5, 0.6) is 0 Å². The van der Waals surface area contributed by atoms with Crippen molar-refractivity contribution in [1.29, 1.82) is 0 Å². The van der Waals surface area contributed by atoms with Gasteiger partial charge in [-0.2, -0.15) is 5.10 Å². The summed E-state index contributed by atoms with van der Waals surface area (Å²) in [4.78, 5) is 0. The molecule has 0 spiro atoms. The highest BCUT2D eigenvalue weighted by molar-refractivity contribution is 9.10. The van der Waals surface area contributed by atoms with Crippen LogP contribution in [0.3, 0.4) is 0 Å². The van der Waals surface area contributed by atoms with Gasteiger partial charge in [-0.1, -0.05) is 33.6 Å². The van der Waals surface area contributed by atoms with Crippen LogP contribution in [0.1, 0.15) is 17.3 Å². The fourth-order valence-electron chi connectivity index (χ4n) is 2.19. The van der Waals surface area contributed by atoms with E-state index in [2.05, 4.69) is 26.3 Å². The lowest BCUT2D eigenvalue weighted by Crippen LogP contribution is -2.23. The molecule has 0 aliphatic rings. The predicted molar refractivity (Wildman–Crippen MR) is 84.1 cm³/mol. The van der Waals surface area contributed by atoms with E-state index >= 15 is 0 Å².